The molecule has 0 aliphatic heterocycles. The Morgan fingerprint density at radius 2 is 1.18 bits per heavy atom. The third kappa shape index (κ3) is 13.7. The van der Waals surface area contributed by atoms with E-state index in [0.29, 0.717) is 0 Å². The number of alkyl halides is 1. The van der Waals surface area contributed by atoms with Crippen molar-refractivity contribution in [3.63, 3.8) is 0 Å². The van der Waals surface area contributed by atoms with Crippen molar-refractivity contribution in [2.75, 3.05) is 24.1 Å². The first-order chi connectivity index (χ1) is 5.26. The number of halogens is 1. The second-order valence-electron chi connectivity index (χ2n) is 2.31. The minimum atomic E-state index is 1.19. The third-order valence-corrected chi connectivity index (χ3v) is 2.61. The largest absolute Gasteiger partial charge is 0.304 e. The van der Waals surface area contributed by atoms with Gasteiger partial charge in [-0.3, -0.25) is 0 Å². The highest BCUT2D eigenvalue weighted by atomic mass is 127. The molecule has 0 spiro atoms. The third-order valence-electron chi connectivity index (χ3n) is 1.53. The van der Waals surface area contributed by atoms with E-state index in [2.05, 4.69) is 55.2 Å². The van der Waals surface area contributed by atoms with Gasteiger partial charge in [0, 0.05) is 0 Å². The Labute approximate surface area is 85.7 Å². The summed E-state index contributed by atoms with van der Waals surface area (Å²) in [5.74, 6) is 0. The minimum absolute atomic E-state index is 1.19. The molecule has 0 unspecified atom stereocenters. The number of hydrogen-bond acceptors (Lipinski definition) is 1. The molecule has 0 bridgehead atoms. The molecule has 0 aliphatic carbocycles. The van der Waals surface area contributed by atoms with Crippen LogP contribution in [0.5, 0.6) is 0 Å². The maximum atomic E-state index is 2.38. The molecule has 1 nitrogen and oxygen atoms in total. The van der Waals surface area contributed by atoms with E-state index in [-0.39, 0.29) is 0 Å². The van der Waals surface area contributed by atoms with E-state index in [1.165, 1.54) is 30.5 Å². The molecular weight excluding hydrogens is 249 g/mol. The zero-order chi connectivity index (χ0) is 9.11. The highest BCUT2D eigenvalue weighted by Crippen LogP contribution is 1.82. The molecule has 0 heterocycles. The Kier molecular flexibility index (Phi) is 17.2. The van der Waals surface area contributed by atoms with Gasteiger partial charge in [0.15, 0.2) is 0 Å². The standard InChI is InChI=1S/C6H15N.C3H7I/c1-4-7(5-2)6-3;1-2-3-4/h4-6H2,1-3H3;2-3H2,1H3. The topological polar surface area (TPSA) is 3.24 Å². The van der Waals surface area contributed by atoms with Gasteiger partial charge in [0.05, 0.1) is 0 Å². The van der Waals surface area contributed by atoms with Crippen LogP contribution in [0, 0.1) is 0 Å². The van der Waals surface area contributed by atoms with E-state index >= 15 is 0 Å². The normalized spacial score (nSPS) is 9.27. The fourth-order valence-corrected chi connectivity index (χ4v) is 0.671. The molecule has 0 amide bonds. The molecular formula is C9H22IN. The number of nitrogens with zero attached hydrogens (tertiary/aromatic N) is 1. The van der Waals surface area contributed by atoms with Crippen LogP contribution in [0.2, 0.25) is 0 Å². The lowest BCUT2D eigenvalue weighted by Crippen LogP contribution is -2.21. The summed E-state index contributed by atoms with van der Waals surface area (Å²) in [6.07, 6.45) is 1.31. The van der Waals surface area contributed by atoms with Crippen LogP contribution >= 0.6 is 22.6 Å². The summed E-state index contributed by atoms with van der Waals surface area (Å²) in [5, 5.41) is 0. The summed E-state index contributed by atoms with van der Waals surface area (Å²) in [6, 6.07) is 0. The predicted octanol–water partition coefficient (Wildman–Crippen LogP) is 3.18. The fourth-order valence-electron chi connectivity index (χ4n) is 0.671. The van der Waals surface area contributed by atoms with E-state index in [1.54, 1.807) is 0 Å². The van der Waals surface area contributed by atoms with Crippen LogP contribution in [0.25, 0.3) is 0 Å². The van der Waals surface area contributed by atoms with Crippen molar-refractivity contribution >= 4 is 22.6 Å². The summed E-state index contributed by atoms with van der Waals surface area (Å²) >= 11 is 2.35. The van der Waals surface area contributed by atoms with Gasteiger partial charge in [0.2, 0.25) is 0 Å². The Bertz CT molecular complexity index is 46.0. The van der Waals surface area contributed by atoms with Crippen LogP contribution in [-0.4, -0.2) is 29.0 Å². The van der Waals surface area contributed by atoms with Crippen LogP contribution in [0.4, 0.5) is 0 Å². The van der Waals surface area contributed by atoms with Crippen molar-refractivity contribution in [3.05, 3.63) is 0 Å². The predicted molar refractivity (Wildman–Crippen MR) is 62.6 cm³/mol. The van der Waals surface area contributed by atoms with Gasteiger partial charge in [-0.1, -0.05) is 50.3 Å². The Hall–Kier alpha value is 0.690. The molecule has 0 rings (SSSR count). The molecule has 0 N–H and O–H groups in total. The molecule has 0 atom stereocenters. The highest BCUT2D eigenvalue weighted by Gasteiger charge is 1.89. The van der Waals surface area contributed by atoms with Crippen LogP contribution in [-0.2, 0) is 0 Å². The number of rotatable bonds is 4. The highest BCUT2D eigenvalue weighted by molar-refractivity contribution is 14.1. The van der Waals surface area contributed by atoms with Crippen LogP contribution < -0.4 is 0 Å². The molecule has 0 aliphatic rings. The Balaban J connectivity index is 0. The monoisotopic (exact) mass is 271 g/mol. The maximum Gasteiger partial charge on any atom is -0.000735 e. The molecule has 0 saturated heterocycles. The second kappa shape index (κ2) is 13.3. The maximum absolute atomic E-state index is 2.38. The van der Waals surface area contributed by atoms with E-state index in [0.717, 1.165) is 0 Å². The summed E-state index contributed by atoms with van der Waals surface area (Å²) in [4.78, 5) is 2.38. The zero-order valence-corrected chi connectivity index (χ0v) is 10.5. The second-order valence-corrected chi connectivity index (χ2v) is 3.39. The zero-order valence-electron chi connectivity index (χ0n) is 8.36. The molecule has 0 aromatic carbocycles. The fraction of sp³-hybridized carbons (Fsp3) is 1.00. The lowest BCUT2D eigenvalue weighted by Gasteiger charge is -2.13. The average Bonchev–Trinajstić information content (AvgIpc) is 2.08. The molecule has 11 heavy (non-hydrogen) atoms. The molecule has 0 radical (unpaired) electrons. The Morgan fingerprint density at radius 3 is 1.18 bits per heavy atom. The first kappa shape index (κ1) is 14.2. The van der Waals surface area contributed by atoms with Crippen molar-refractivity contribution in [2.24, 2.45) is 0 Å². The average molecular weight is 271 g/mol. The van der Waals surface area contributed by atoms with Crippen molar-refractivity contribution in [3.8, 4) is 0 Å². The van der Waals surface area contributed by atoms with Gasteiger partial charge in [-0.05, 0) is 30.5 Å². The molecule has 0 fully saturated rings. The van der Waals surface area contributed by atoms with E-state index in [9.17, 15) is 0 Å². The summed E-state index contributed by atoms with van der Waals surface area (Å²) in [6.45, 7) is 12.3. The molecule has 0 aromatic rings. The summed E-state index contributed by atoms with van der Waals surface area (Å²) < 4.78 is 1.29. The Morgan fingerprint density at radius 1 is 0.909 bits per heavy atom. The summed E-state index contributed by atoms with van der Waals surface area (Å²) in [7, 11) is 0. The van der Waals surface area contributed by atoms with Gasteiger partial charge in [-0.25, -0.2) is 0 Å². The van der Waals surface area contributed by atoms with Crippen LogP contribution in [0.1, 0.15) is 34.1 Å². The van der Waals surface area contributed by atoms with Crippen LogP contribution in [0.15, 0.2) is 0 Å². The number of hydrogen-bond donors (Lipinski definition) is 0. The molecule has 0 saturated carbocycles. The van der Waals surface area contributed by atoms with Gasteiger partial charge >= 0.3 is 0 Å². The first-order valence-electron chi connectivity index (χ1n) is 4.54. The van der Waals surface area contributed by atoms with Crippen molar-refractivity contribution in [1.29, 1.82) is 0 Å². The van der Waals surface area contributed by atoms with Crippen molar-refractivity contribution in [2.45, 2.75) is 34.1 Å². The molecule has 2 heteroatoms. The quantitative estimate of drug-likeness (QED) is 0.560. The van der Waals surface area contributed by atoms with Crippen molar-refractivity contribution < 1.29 is 0 Å². The van der Waals surface area contributed by atoms with Gasteiger partial charge in [-0.2, -0.15) is 0 Å². The van der Waals surface area contributed by atoms with Crippen LogP contribution in [0.3, 0.4) is 0 Å². The van der Waals surface area contributed by atoms with E-state index in [4.69, 9.17) is 0 Å². The first-order valence-corrected chi connectivity index (χ1v) is 6.07. The van der Waals surface area contributed by atoms with Gasteiger partial charge < -0.3 is 4.90 Å². The van der Waals surface area contributed by atoms with Gasteiger partial charge in [-0.15, -0.1) is 0 Å². The van der Waals surface area contributed by atoms with E-state index < -0.39 is 0 Å². The molecule has 0 aromatic heterocycles. The smallest absolute Gasteiger partial charge is 0.000735 e. The summed E-state index contributed by atoms with van der Waals surface area (Å²) in [5.41, 5.74) is 0. The molecule has 70 valence electrons. The SMILES string of the molecule is CCCI.CCN(CC)CC. The minimum Gasteiger partial charge on any atom is -0.304 e. The lowest BCUT2D eigenvalue weighted by molar-refractivity contribution is 0.321. The van der Waals surface area contributed by atoms with Gasteiger partial charge in [0.1, 0.15) is 0 Å². The van der Waals surface area contributed by atoms with Gasteiger partial charge in [0.25, 0.3) is 0 Å². The van der Waals surface area contributed by atoms with Crippen molar-refractivity contribution in [1.82, 2.24) is 4.90 Å². The lowest BCUT2D eigenvalue weighted by atomic mass is 10.5. The van der Waals surface area contributed by atoms with E-state index in [1.807, 2.05) is 0 Å².